The number of alkyl halides is 3. The van der Waals surface area contributed by atoms with Crippen molar-refractivity contribution in [3.63, 3.8) is 0 Å². The van der Waals surface area contributed by atoms with Crippen LogP contribution in [0, 0.1) is 0 Å². The second-order valence-corrected chi connectivity index (χ2v) is 3.92. The quantitative estimate of drug-likeness (QED) is 0.849. The fourth-order valence-corrected chi connectivity index (χ4v) is 1.26. The van der Waals surface area contributed by atoms with Crippen LogP contribution in [-0.2, 0) is 11.3 Å². The first-order chi connectivity index (χ1) is 6.89. The van der Waals surface area contributed by atoms with Crippen molar-refractivity contribution in [2.75, 3.05) is 0 Å². The first kappa shape index (κ1) is 12.4. The Morgan fingerprint density at radius 1 is 1.47 bits per heavy atom. The summed E-state index contributed by atoms with van der Waals surface area (Å²) in [5.74, 6) is 0. The van der Waals surface area contributed by atoms with Crippen LogP contribution in [0.15, 0.2) is 22.9 Å². The minimum absolute atomic E-state index is 0.104. The van der Waals surface area contributed by atoms with Crippen molar-refractivity contribution in [3.05, 3.63) is 28.5 Å². The second kappa shape index (κ2) is 4.94. The van der Waals surface area contributed by atoms with Gasteiger partial charge in [0.15, 0.2) is 6.10 Å². The third kappa shape index (κ3) is 4.17. The zero-order valence-electron chi connectivity index (χ0n) is 7.88. The highest BCUT2D eigenvalue weighted by Gasteiger charge is 2.36. The smallest absolute Gasteiger partial charge is 0.364 e. The summed E-state index contributed by atoms with van der Waals surface area (Å²) in [5, 5.41) is 0. The molecule has 0 N–H and O–H groups in total. The maximum absolute atomic E-state index is 12.1. The lowest BCUT2D eigenvalue weighted by Crippen LogP contribution is -2.28. The van der Waals surface area contributed by atoms with E-state index >= 15 is 0 Å². The molecule has 84 valence electrons. The van der Waals surface area contributed by atoms with Gasteiger partial charge < -0.3 is 4.74 Å². The summed E-state index contributed by atoms with van der Waals surface area (Å²) >= 11 is 3.17. The fraction of sp³-hybridized carbons (Fsp3) is 0.444. The van der Waals surface area contributed by atoms with Crippen LogP contribution in [-0.4, -0.2) is 17.3 Å². The Morgan fingerprint density at radius 2 is 2.13 bits per heavy atom. The van der Waals surface area contributed by atoms with Gasteiger partial charge in [-0.2, -0.15) is 13.2 Å². The van der Waals surface area contributed by atoms with Crippen molar-refractivity contribution in [1.29, 1.82) is 0 Å². The summed E-state index contributed by atoms with van der Waals surface area (Å²) in [6.07, 6.45) is -3.07. The van der Waals surface area contributed by atoms with Crippen LogP contribution in [0.5, 0.6) is 0 Å². The summed E-state index contributed by atoms with van der Waals surface area (Å²) in [7, 11) is 0. The van der Waals surface area contributed by atoms with Gasteiger partial charge in [0.2, 0.25) is 0 Å². The summed E-state index contributed by atoms with van der Waals surface area (Å²) in [6, 6.07) is 1.66. The van der Waals surface area contributed by atoms with E-state index in [-0.39, 0.29) is 6.61 Å². The average Bonchev–Trinajstić information content (AvgIpc) is 2.12. The van der Waals surface area contributed by atoms with Crippen LogP contribution in [0.3, 0.4) is 0 Å². The van der Waals surface area contributed by atoms with Gasteiger partial charge in [0.05, 0.1) is 6.61 Å². The predicted molar refractivity (Wildman–Crippen MR) is 52.2 cm³/mol. The topological polar surface area (TPSA) is 22.1 Å². The number of halogens is 4. The molecule has 1 aromatic heterocycles. The normalized spacial score (nSPS) is 13.9. The molecule has 0 spiro atoms. The Bertz CT molecular complexity index is 329. The van der Waals surface area contributed by atoms with Crippen molar-refractivity contribution in [2.24, 2.45) is 0 Å². The minimum Gasteiger partial charge on any atom is -0.364 e. The monoisotopic (exact) mass is 283 g/mol. The standard InChI is InChI=1S/C9H9BrF3NO/c1-6(9(11,12)13)15-5-7-2-8(10)4-14-3-7/h2-4,6H,5H2,1H3. The summed E-state index contributed by atoms with van der Waals surface area (Å²) in [6.45, 7) is 0.874. The van der Waals surface area contributed by atoms with E-state index in [0.717, 1.165) is 6.92 Å². The molecule has 1 unspecified atom stereocenters. The molecular formula is C9H9BrF3NO. The van der Waals surface area contributed by atoms with Gasteiger partial charge in [-0.15, -0.1) is 0 Å². The summed E-state index contributed by atoms with van der Waals surface area (Å²) in [4.78, 5) is 3.82. The van der Waals surface area contributed by atoms with E-state index in [2.05, 4.69) is 25.7 Å². The van der Waals surface area contributed by atoms with Crippen LogP contribution in [0.4, 0.5) is 13.2 Å². The van der Waals surface area contributed by atoms with Gasteiger partial charge in [0.1, 0.15) is 0 Å². The second-order valence-electron chi connectivity index (χ2n) is 3.01. The van der Waals surface area contributed by atoms with Crippen LogP contribution >= 0.6 is 15.9 Å². The Kier molecular flexibility index (Phi) is 4.10. The lowest BCUT2D eigenvalue weighted by molar-refractivity contribution is -0.217. The molecule has 0 aliphatic rings. The van der Waals surface area contributed by atoms with E-state index in [1.54, 1.807) is 12.3 Å². The first-order valence-electron chi connectivity index (χ1n) is 4.17. The van der Waals surface area contributed by atoms with Crippen molar-refractivity contribution >= 4 is 15.9 Å². The third-order valence-corrected chi connectivity index (χ3v) is 2.16. The van der Waals surface area contributed by atoms with E-state index < -0.39 is 12.3 Å². The molecule has 0 saturated heterocycles. The van der Waals surface area contributed by atoms with Gasteiger partial charge in [0.25, 0.3) is 0 Å². The molecule has 0 saturated carbocycles. The summed E-state index contributed by atoms with van der Waals surface area (Å²) in [5.41, 5.74) is 0.598. The molecule has 1 atom stereocenters. The largest absolute Gasteiger partial charge is 0.414 e. The Labute approximate surface area is 93.6 Å². The number of nitrogens with zero attached hydrogens (tertiary/aromatic N) is 1. The van der Waals surface area contributed by atoms with Crippen LogP contribution in [0.2, 0.25) is 0 Å². The SMILES string of the molecule is CC(OCc1cncc(Br)c1)C(F)(F)F. The first-order valence-corrected chi connectivity index (χ1v) is 4.96. The molecular weight excluding hydrogens is 275 g/mol. The Morgan fingerprint density at radius 3 is 2.67 bits per heavy atom. The molecule has 15 heavy (non-hydrogen) atoms. The molecule has 0 bridgehead atoms. The van der Waals surface area contributed by atoms with Crippen molar-refractivity contribution in [2.45, 2.75) is 25.8 Å². The maximum atomic E-state index is 12.1. The van der Waals surface area contributed by atoms with Crippen LogP contribution in [0.1, 0.15) is 12.5 Å². The molecule has 0 aliphatic heterocycles. The van der Waals surface area contributed by atoms with Crippen molar-refractivity contribution < 1.29 is 17.9 Å². The average molecular weight is 284 g/mol. The van der Waals surface area contributed by atoms with Crippen molar-refractivity contribution in [1.82, 2.24) is 4.98 Å². The molecule has 0 radical (unpaired) electrons. The molecule has 1 aromatic rings. The van der Waals surface area contributed by atoms with E-state index in [4.69, 9.17) is 0 Å². The number of rotatable bonds is 3. The molecule has 0 amide bonds. The third-order valence-electron chi connectivity index (χ3n) is 1.72. The van der Waals surface area contributed by atoms with E-state index in [0.29, 0.717) is 10.0 Å². The van der Waals surface area contributed by atoms with E-state index in [9.17, 15) is 13.2 Å². The number of ether oxygens (including phenoxy) is 1. The van der Waals surface area contributed by atoms with Gasteiger partial charge in [-0.05, 0) is 34.5 Å². The number of hydrogen-bond donors (Lipinski definition) is 0. The van der Waals surface area contributed by atoms with Gasteiger partial charge in [0, 0.05) is 16.9 Å². The van der Waals surface area contributed by atoms with E-state index in [1.165, 1.54) is 6.20 Å². The van der Waals surface area contributed by atoms with E-state index in [1.807, 2.05) is 0 Å². The molecule has 2 nitrogen and oxygen atoms in total. The van der Waals surface area contributed by atoms with Gasteiger partial charge in [-0.25, -0.2) is 0 Å². The molecule has 0 fully saturated rings. The highest BCUT2D eigenvalue weighted by Crippen LogP contribution is 2.23. The molecule has 0 aromatic carbocycles. The number of aromatic nitrogens is 1. The Balaban J connectivity index is 2.51. The minimum atomic E-state index is -4.32. The highest BCUT2D eigenvalue weighted by molar-refractivity contribution is 9.10. The van der Waals surface area contributed by atoms with Crippen molar-refractivity contribution in [3.8, 4) is 0 Å². The molecule has 1 heterocycles. The fourth-order valence-electron chi connectivity index (χ4n) is 0.851. The zero-order valence-corrected chi connectivity index (χ0v) is 9.47. The number of hydrogen-bond acceptors (Lipinski definition) is 2. The lowest BCUT2D eigenvalue weighted by atomic mass is 10.3. The van der Waals surface area contributed by atoms with Crippen LogP contribution in [0.25, 0.3) is 0 Å². The zero-order chi connectivity index (χ0) is 11.5. The molecule has 1 rings (SSSR count). The summed E-state index contributed by atoms with van der Waals surface area (Å²) < 4.78 is 41.6. The maximum Gasteiger partial charge on any atom is 0.414 e. The molecule has 0 aliphatic carbocycles. The highest BCUT2D eigenvalue weighted by atomic mass is 79.9. The Hall–Kier alpha value is -0.620. The number of pyridine rings is 1. The van der Waals surface area contributed by atoms with Gasteiger partial charge >= 0.3 is 6.18 Å². The van der Waals surface area contributed by atoms with Gasteiger partial charge in [-0.3, -0.25) is 4.98 Å². The molecule has 6 heteroatoms. The predicted octanol–water partition coefficient (Wildman–Crippen LogP) is 3.31. The van der Waals surface area contributed by atoms with Gasteiger partial charge in [-0.1, -0.05) is 0 Å². The van der Waals surface area contributed by atoms with Crippen LogP contribution < -0.4 is 0 Å². The lowest BCUT2D eigenvalue weighted by Gasteiger charge is -2.16.